The van der Waals surface area contributed by atoms with Crippen molar-refractivity contribution in [1.29, 1.82) is 0 Å². The van der Waals surface area contributed by atoms with Gasteiger partial charge in [-0.05, 0) is 59.1 Å². The predicted molar refractivity (Wildman–Crippen MR) is 103 cm³/mol. The first-order chi connectivity index (χ1) is 11.5. The second-order valence-electron chi connectivity index (χ2n) is 6.17. The van der Waals surface area contributed by atoms with E-state index in [4.69, 9.17) is 0 Å². The Labute approximate surface area is 151 Å². The molecule has 0 bridgehead atoms. The van der Waals surface area contributed by atoms with Gasteiger partial charge in [0.25, 0.3) is 0 Å². The first-order valence-electron chi connectivity index (χ1n) is 8.17. The summed E-state index contributed by atoms with van der Waals surface area (Å²) in [6.45, 7) is 7.16. The molecule has 2 amide bonds. The topological polar surface area (TPSA) is 35.6 Å². The molecule has 1 aliphatic heterocycles. The first kappa shape index (κ1) is 16.8. The molecule has 24 heavy (non-hydrogen) atoms. The lowest BCUT2D eigenvalue weighted by Crippen LogP contribution is -2.50. The number of benzene rings is 2. The summed E-state index contributed by atoms with van der Waals surface area (Å²) < 4.78 is 1.10. The molecule has 1 saturated heterocycles. The average Bonchev–Trinajstić information content (AvgIpc) is 2.59. The van der Waals surface area contributed by atoms with Crippen LogP contribution in [0.3, 0.4) is 0 Å². The highest BCUT2D eigenvalue weighted by molar-refractivity contribution is 9.10. The van der Waals surface area contributed by atoms with Crippen LogP contribution in [-0.4, -0.2) is 37.1 Å². The van der Waals surface area contributed by atoms with Crippen LogP contribution in [0.5, 0.6) is 0 Å². The molecule has 2 aromatic rings. The average molecular weight is 388 g/mol. The molecule has 4 nitrogen and oxygen atoms in total. The number of nitrogens with one attached hydrogen (secondary N) is 1. The number of carbonyl (C=O) groups excluding carboxylic acids is 1. The fourth-order valence-electron chi connectivity index (χ4n) is 2.92. The molecule has 0 atom stereocenters. The molecule has 1 heterocycles. The van der Waals surface area contributed by atoms with Crippen LogP contribution >= 0.6 is 15.9 Å². The van der Waals surface area contributed by atoms with Crippen molar-refractivity contribution in [3.8, 4) is 0 Å². The Morgan fingerprint density at radius 1 is 1.04 bits per heavy atom. The summed E-state index contributed by atoms with van der Waals surface area (Å²) in [6.07, 6.45) is 0. The molecule has 0 spiro atoms. The summed E-state index contributed by atoms with van der Waals surface area (Å²) >= 11 is 3.60. The van der Waals surface area contributed by atoms with E-state index >= 15 is 0 Å². The molecule has 0 aliphatic carbocycles. The lowest BCUT2D eigenvalue weighted by atomic mass is 10.1. The third kappa shape index (κ3) is 3.73. The molecule has 0 aromatic heterocycles. The number of halogens is 1. The Kier molecular flexibility index (Phi) is 5.09. The van der Waals surface area contributed by atoms with Crippen LogP contribution in [-0.2, 0) is 0 Å². The van der Waals surface area contributed by atoms with Crippen LogP contribution in [0.2, 0.25) is 0 Å². The summed E-state index contributed by atoms with van der Waals surface area (Å²) in [7, 11) is 0. The van der Waals surface area contributed by atoms with Crippen molar-refractivity contribution in [3.63, 3.8) is 0 Å². The molecule has 1 fully saturated rings. The minimum absolute atomic E-state index is 0.0181. The fraction of sp³-hybridized carbons (Fsp3) is 0.316. The number of urea groups is 1. The van der Waals surface area contributed by atoms with Gasteiger partial charge in [0.2, 0.25) is 0 Å². The van der Waals surface area contributed by atoms with Gasteiger partial charge in [-0.3, -0.25) is 0 Å². The monoisotopic (exact) mass is 387 g/mol. The quantitative estimate of drug-likeness (QED) is 0.827. The van der Waals surface area contributed by atoms with E-state index in [9.17, 15) is 4.79 Å². The van der Waals surface area contributed by atoms with Crippen LogP contribution in [0, 0.1) is 13.8 Å². The van der Waals surface area contributed by atoms with Crippen LogP contribution in [0.25, 0.3) is 0 Å². The van der Waals surface area contributed by atoms with Gasteiger partial charge in [-0.2, -0.15) is 0 Å². The van der Waals surface area contributed by atoms with E-state index in [1.165, 1.54) is 5.69 Å². The highest BCUT2D eigenvalue weighted by Gasteiger charge is 2.22. The zero-order valence-electron chi connectivity index (χ0n) is 14.1. The van der Waals surface area contributed by atoms with E-state index in [1.54, 1.807) is 0 Å². The third-order valence-electron chi connectivity index (χ3n) is 4.39. The van der Waals surface area contributed by atoms with Crippen molar-refractivity contribution in [2.24, 2.45) is 0 Å². The van der Waals surface area contributed by atoms with Crippen molar-refractivity contribution >= 4 is 33.3 Å². The SMILES string of the molecule is Cc1ccc(C)c(NC(=O)N2CCN(c3ccccc3Br)CC2)c1. The van der Waals surface area contributed by atoms with E-state index in [2.05, 4.69) is 44.3 Å². The van der Waals surface area contributed by atoms with Gasteiger partial charge in [-0.15, -0.1) is 0 Å². The number of amides is 2. The molecule has 1 N–H and O–H groups in total. The van der Waals surface area contributed by atoms with E-state index < -0.39 is 0 Å². The summed E-state index contributed by atoms with van der Waals surface area (Å²) in [5, 5.41) is 3.05. The molecule has 2 aromatic carbocycles. The number of carbonyl (C=O) groups is 1. The standard InChI is InChI=1S/C19H22BrN3O/c1-14-7-8-15(2)17(13-14)21-19(24)23-11-9-22(10-12-23)18-6-4-3-5-16(18)20/h3-8,13H,9-12H2,1-2H3,(H,21,24). The maximum Gasteiger partial charge on any atom is 0.321 e. The van der Waals surface area contributed by atoms with Crippen LogP contribution in [0.4, 0.5) is 16.2 Å². The lowest BCUT2D eigenvalue weighted by Gasteiger charge is -2.36. The molecule has 0 saturated carbocycles. The summed E-state index contributed by atoms with van der Waals surface area (Å²) in [5.74, 6) is 0. The van der Waals surface area contributed by atoms with Crippen molar-refractivity contribution in [2.75, 3.05) is 36.4 Å². The second-order valence-corrected chi connectivity index (χ2v) is 7.03. The van der Waals surface area contributed by atoms with Gasteiger partial charge in [-0.1, -0.05) is 24.3 Å². The Morgan fingerprint density at radius 3 is 2.46 bits per heavy atom. The van der Waals surface area contributed by atoms with E-state index in [0.29, 0.717) is 0 Å². The number of anilines is 2. The largest absolute Gasteiger partial charge is 0.367 e. The van der Waals surface area contributed by atoms with E-state index in [-0.39, 0.29) is 6.03 Å². The number of rotatable bonds is 2. The number of piperazine rings is 1. The Hall–Kier alpha value is -2.01. The summed E-state index contributed by atoms with van der Waals surface area (Å²) in [4.78, 5) is 16.7. The number of nitrogens with zero attached hydrogens (tertiary/aromatic N) is 2. The van der Waals surface area contributed by atoms with Gasteiger partial charge in [0.1, 0.15) is 0 Å². The van der Waals surface area contributed by atoms with Crippen LogP contribution < -0.4 is 10.2 Å². The Bertz CT molecular complexity index is 739. The number of hydrogen-bond acceptors (Lipinski definition) is 2. The molecule has 1 aliphatic rings. The van der Waals surface area contributed by atoms with Gasteiger partial charge >= 0.3 is 6.03 Å². The van der Waals surface area contributed by atoms with Crippen LogP contribution in [0.15, 0.2) is 46.9 Å². The lowest BCUT2D eigenvalue weighted by molar-refractivity contribution is 0.208. The maximum absolute atomic E-state index is 12.5. The molecule has 126 valence electrons. The van der Waals surface area contributed by atoms with Crippen molar-refractivity contribution in [1.82, 2.24) is 4.90 Å². The number of aryl methyl sites for hydroxylation is 2. The zero-order chi connectivity index (χ0) is 17.1. The van der Waals surface area contributed by atoms with Crippen molar-refractivity contribution < 1.29 is 4.79 Å². The fourth-order valence-corrected chi connectivity index (χ4v) is 3.46. The van der Waals surface area contributed by atoms with Crippen molar-refractivity contribution in [2.45, 2.75) is 13.8 Å². The number of para-hydroxylation sites is 1. The zero-order valence-corrected chi connectivity index (χ0v) is 15.6. The third-order valence-corrected chi connectivity index (χ3v) is 5.07. The predicted octanol–water partition coefficient (Wildman–Crippen LogP) is 4.42. The smallest absolute Gasteiger partial charge is 0.321 e. The number of hydrogen-bond donors (Lipinski definition) is 1. The molecule has 5 heteroatoms. The molecule has 0 unspecified atom stereocenters. The van der Waals surface area contributed by atoms with E-state index in [0.717, 1.165) is 47.5 Å². The second kappa shape index (κ2) is 7.26. The van der Waals surface area contributed by atoms with Crippen molar-refractivity contribution in [3.05, 3.63) is 58.1 Å². The Morgan fingerprint density at radius 2 is 1.75 bits per heavy atom. The van der Waals surface area contributed by atoms with Gasteiger partial charge in [0.05, 0.1) is 5.69 Å². The normalized spacial score (nSPS) is 14.6. The highest BCUT2D eigenvalue weighted by atomic mass is 79.9. The van der Waals surface area contributed by atoms with Crippen LogP contribution in [0.1, 0.15) is 11.1 Å². The van der Waals surface area contributed by atoms with E-state index in [1.807, 2.05) is 43.0 Å². The molecular formula is C19H22BrN3O. The minimum Gasteiger partial charge on any atom is -0.367 e. The van der Waals surface area contributed by atoms with Gasteiger partial charge in [0, 0.05) is 36.3 Å². The van der Waals surface area contributed by atoms with Gasteiger partial charge in [0.15, 0.2) is 0 Å². The summed E-state index contributed by atoms with van der Waals surface area (Å²) in [6, 6.07) is 14.3. The molecular weight excluding hydrogens is 366 g/mol. The first-order valence-corrected chi connectivity index (χ1v) is 8.96. The highest BCUT2D eigenvalue weighted by Crippen LogP contribution is 2.26. The molecule has 3 rings (SSSR count). The summed E-state index contributed by atoms with van der Waals surface area (Å²) in [5.41, 5.74) is 4.32. The Balaban J connectivity index is 1.61. The van der Waals surface area contributed by atoms with Gasteiger partial charge in [-0.25, -0.2) is 4.79 Å². The van der Waals surface area contributed by atoms with Gasteiger partial charge < -0.3 is 15.1 Å². The molecule has 0 radical (unpaired) electrons. The maximum atomic E-state index is 12.5. The minimum atomic E-state index is -0.0181.